The van der Waals surface area contributed by atoms with Crippen LogP contribution in [0.4, 0.5) is 0 Å². The van der Waals surface area contributed by atoms with Gasteiger partial charge in [-0.15, -0.1) is 0 Å². The maximum absolute atomic E-state index is 9.90. The van der Waals surface area contributed by atoms with Gasteiger partial charge in [0, 0.05) is 16.4 Å². The van der Waals surface area contributed by atoms with Crippen LogP contribution in [0.2, 0.25) is 0 Å². The summed E-state index contributed by atoms with van der Waals surface area (Å²) in [7, 11) is 1.63. The highest BCUT2D eigenvalue weighted by atomic mass is 16.5. The van der Waals surface area contributed by atoms with Gasteiger partial charge in [-0.05, 0) is 35.4 Å². The molecule has 0 saturated carbocycles. The van der Waals surface area contributed by atoms with Crippen LogP contribution in [-0.2, 0) is 16.1 Å². The van der Waals surface area contributed by atoms with Gasteiger partial charge in [0.2, 0.25) is 0 Å². The maximum atomic E-state index is 9.90. The molecule has 156 valence electrons. The van der Waals surface area contributed by atoms with Crippen LogP contribution in [0.5, 0.6) is 17.2 Å². The topological polar surface area (TPSA) is 57.2 Å². The molecule has 2 fully saturated rings. The summed E-state index contributed by atoms with van der Waals surface area (Å²) in [6.45, 7) is 10.1. The Morgan fingerprint density at radius 1 is 0.862 bits per heavy atom. The van der Waals surface area contributed by atoms with Crippen LogP contribution >= 0.6 is 0 Å². The lowest BCUT2D eigenvalue weighted by Crippen LogP contribution is -2.40. The fourth-order valence-electron chi connectivity index (χ4n) is 4.13. The molecule has 0 bridgehead atoms. The summed E-state index contributed by atoms with van der Waals surface area (Å²) >= 11 is 0. The Labute approximate surface area is 172 Å². The molecule has 2 heterocycles. The maximum Gasteiger partial charge on any atom is 0.169 e. The lowest BCUT2D eigenvalue weighted by Gasteiger charge is -2.44. The van der Waals surface area contributed by atoms with Crippen molar-refractivity contribution in [3.63, 3.8) is 0 Å². The molecule has 1 N–H and O–H groups in total. The second kappa shape index (κ2) is 7.31. The first-order valence-corrected chi connectivity index (χ1v) is 10.1. The van der Waals surface area contributed by atoms with Gasteiger partial charge in [0.15, 0.2) is 11.5 Å². The molecular formula is C24H30O5. The molecule has 2 aromatic carbocycles. The molecule has 2 atom stereocenters. The van der Waals surface area contributed by atoms with Crippen molar-refractivity contribution >= 4 is 0 Å². The van der Waals surface area contributed by atoms with Crippen molar-refractivity contribution in [1.29, 1.82) is 0 Å². The Balaban J connectivity index is 1.58. The van der Waals surface area contributed by atoms with Crippen molar-refractivity contribution in [2.45, 2.75) is 46.5 Å². The fourth-order valence-corrected chi connectivity index (χ4v) is 4.13. The Bertz CT molecular complexity index is 829. The van der Waals surface area contributed by atoms with E-state index in [4.69, 9.17) is 18.9 Å². The summed E-state index contributed by atoms with van der Waals surface area (Å²) in [5, 5.41) is 9.90. The summed E-state index contributed by atoms with van der Waals surface area (Å²) in [5.41, 5.74) is 3.08. The summed E-state index contributed by atoms with van der Waals surface area (Å²) in [6.07, 6.45) is 0.102. The lowest BCUT2D eigenvalue weighted by atomic mass is 9.78. The lowest BCUT2D eigenvalue weighted by molar-refractivity contribution is -0.172. The molecule has 0 aromatic heterocycles. The minimum absolute atomic E-state index is 0.0431. The molecule has 0 spiro atoms. The van der Waals surface area contributed by atoms with Gasteiger partial charge in [0.1, 0.15) is 5.75 Å². The highest BCUT2D eigenvalue weighted by molar-refractivity contribution is 5.48. The molecule has 2 saturated heterocycles. The highest BCUT2D eigenvalue weighted by Crippen LogP contribution is 2.48. The van der Waals surface area contributed by atoms with Gasteiger partial charge in [-0.1, -0.05) is 39.8 Å². The second-order valence-electron chi connectivity index (χ2n) is 9.40. The van der Waals surface area contributed by atoms with Crippen LogP contribution in [0.15, 0.2) is 36.4 Å². The van der Waals surface area contributed by atoms with E-state index in [1.165, 1.54) is 0 Å². The molecule has 2 aliphatic heterocycles. The number of benzene rings is 2. The Hall–Kier alpha value is -2.08. The second-order valence-corrected chi connectivity index (χ2v) is 9.40. The minimum atomic E-state index is -0.110. The largest absolute Gasteiger partial charge is 0.493 e. The van der Waals surface area contributed by atoms with E-state index in [1.54, 1.807) is 7.11 Å². The monoisotopic (exact) mass is 398 g/mol. The number of rotatable bonds is 6. The first-order chi connectivity index (χ1) is 13.7. The van der Waals surface area contributed by atoms with Gasteiger partial charge < -0.3 is 24.1 Å². The number of ether oxygens (including phenoxy) is 4. The summed E-state index contributed by atoms with van der Waals surface area (Å²) in [6, 6.07) is 11.8. The zero-order valence-electron chi connectivity index (χ0n) is 17.8. The number of methoxy groups -OCH3 is 1. The summed E-state index contributed by atoms with van der Waals surface area (Å²) in [5.74, 6) is 1.86. The molecule has 2 aromatic rings. The van der Waals surface area contributed by atoms with Crippen molar-refractivity contribution in [3.05, 3.63) is 53.1 Å². The third-order valence-electron chi connectivity index (χ3n) is 5.93. The van der Waals surface area contributed by atoms with Crippen LogP contribution in [0.25, 0.3) is 0 Å². The molecule has 29 heavy (non-hydrogen) atoms. The molecule has 4 rings (SSSR count). The molecular weight excluding hydrogens is 368 g/mol. The van der Waals surface area contributed by atoms with Crippen LogP contribution in [0, 0.1) is 10.8 Å². The van der Waals surface area contributed by atoms with Crippen LogP contribution in [-0.4, -0.2) is 25.4 Å². The SMILES string of the molecule is COc1cc(C2OCC2(C)C)ccc1Oc1ccc(C2OCC2(C)C)cc1CO. The van der Waals surface area contributed by atoms with Crippen molar-refractivity contribution < 1.29 is 24.1 Å². The first kappa shape index (κ1) is 20.2. The smallest absolute Gasteiger partial charge is 0.169 e. The third kappa shape index (κ3) is 3.63. The van der Waals surface area contributed by atoms with Gasteiger partial charge in [-0.3, -0.25) is 0 Å². The normalized spacial score (nSPS) is 24.3. The predicted molar refractivity (Wildman–Crippen MR) is 110 cm³/mol. The Morgan fingerprint density at radius 2 is 1.41 bits per heavy atom. The molecule has 2 unspecified atom stereocenters. The minimum Gasteiger partial charge on any atom is -0.493 e. The standard InChI is InChI=1S/C24H30O5/c1-23(2)13-27-21(23)15-6-8-18(17(10-15)12-25)29-19-9-7-16(11-20(19)26-5)22-24(3,4)14-28-22/h6-11,21-22,25H,12-14H2,1-5H3. The molecule has 2 aliphatic rings. The van der Waals surface area contributed by atoms with Gasteiger partial charge in [-0.2, -0.15) is 0 Å². The van der Waals surface area contributed by atoms with Crippen molar-refractivity contribution in [2.24, 2.45) is 10.8 Å². The van der Waals surface area contributed by atoms with E-state index in [1.807, 2.05) is 36.4 Å². The fraction of sp³-hybridized carbons (Fsp3) is 0.500. The van der Waals surface area contributed by atoms with Gasteiger partial charge in [-0.25, -0.2) is 0 Å². The van der Waals surface area contributed by atoms with Gasteiger partial charge in [0.05, 0.1) is 39.1 Å². The quantitative estimate of drug-likeness (QED) is 0.727. The number of aliphatic hydroxyl groups excluding tert-OH is 1. The number of hydrogen-bond acceptors (Lipinski definition) is 5. The van der Waals surface area contributed by atoms with Crippen molar-refractivity contribution in [1.82, 2.24) is 0 Å². The zero-order valence-corrected chi connectivity index (χ0v) is 17.8. The zero-order chi connectivity index (χ0) is 20.8. The Kier molecular flexibility index (Phi) is 5.09. The van der Waals surface area contributed by atoms with Gasteiger partial charge >= 0.3 is 0 Å². The number of hydrogen-bond donors (Lipinski definition) is 1. The van der Waals surface area contributed by atoms with E-state index in [0.29, 0.717) is 17.2 Å². The highest BCUT2D eigenvalue weighted by Gasteiger charge is 2.42. The predicted octanol–water partition coefficient (Wildman–Crippen LogP) is 5.17. The molecule has 0 aliphatic carbocycles. The third-order valence-corrected chi connectivity index (χ3v) is 5.93. The van der Waals surface area contributed by atoms with Crippen molar-refractivity contribution in [2.75, 3.05) is 20.3 Å². The summed E-state index contributed by atoms with van der Waals surface area (Å²) in [4.78, 5) is 0. The van der Waals surface area contributed by atoms with Crippen LogP contribution in [0.1, 0.15) is 56.6 Å². The molecule has 5 heteroatoms. The first-order valence-electron chi connectivity index (χ1n) is 10.1. The van der Waals surface area contributed by atoms with Crippen LogP contribution < -0.4 is 9.47 Å². The molecule has 5 nitrogen and oxygen atoms in total. The molecule has 0 amide bonds. The average Bonchev–Trinajstić information content (AvgIpc) is 2.68. The molecule has 0 radical (unpaired) electrons. The van der Waals surface area contributed by atoms with E-state index in [2.05, 4.69) is 27.7 Å². The van der Waals surface area contributed by atoms with Crippen molar-refractivity contribution in [3.8, 4) is 17.2 Å². The van der Waals surface area contributed by atoms with E-state index in [9.17, 15) is 5.11 Å². The summed E-state index contributed by atoms with van der Waals surface area (Å²) < 4.78 is 23.2. The van der Waals surface area contributed by atoms with E-state index in [-0.39, 0.29) is 29.6 Å². The van der Waals surface area contributed by atoms with Crippen LogP contribution in [0.3, 0.4) is 0 Å². The van der Waals surface area contributed by atoms with E-state index >= 15 is 0 Å². The Morgan fingerprint density at radius 3 is 1.86 bits per heavy atom. The van der Waals surface area contributed by atoms with Gasteiger partial charge in [0.25, 0.3) is 0 Å². The average molecular weight is 398 g/mol. The number of aliphatic hydroxyl groups is 1. The van der Waals surface area contributed by atoms with E-state index in [0.717, 1.165) is 29.9 Å². The van der Waals surface area contributed by atoms with E-state index < -0.39 is 0 Å².